The lowest BCUT2D eigenvalue weighted by Gasteiger charge is -2.06. The second-order valence-electron chi connectivity index (χ2n) is 5.24. The molecule has 0 atom stereocenters. The minimum Gasteiger partial charge on any atom is -0.388 e. The first-order valence-corrected chi connectivity index (χ1v) is 7.85. The van der Waals surface area contributed by atoms with Crippen LogP contribution in [-0.4, -0.2) is 28.9 Å². The summed E-state index contributed by atoms with van der Waals surface area (Å²) in [4.78, 5) is 21.4. The van der Waals surface area contributed by atoms with Gasteiger partial charge in [0.2, 0.25) is 0 Å². The Kier molecular flexibility index (Phi) is 6.25. The van der Waals surface area contributed by atoms with Gasteiger partial charge in [-0.05, 0) is 43.2 Å². The van der Waals surface area contributed by atoms with E-state index in [4.69, 9.17) is 18.0 Å². The largest absolute Gasteiger partial charge is 0.388 e. The molecule has 0 saturated heterocycles. The van der Waals surface area contributed by atoms with Crippen LogP contribution in [0.25, 0.3) is 11.1 Å². The monoisotopic (exact) mass is 331 g/mol. The Morgan fingerprint density at radius 1 is 1.35 bits per heavy atom. The van der Waals surface area contributed by atoms with E-state index in [0.29, 0.717) is 16.2 Å². The SMILES string of the molecule is CC(N)=NCCCNCc1ccc(-c2c[nH]c(=S)[nH]c2=O)cc1. The molecule has 2 rings (SSSR count). The maximum absolute atomic E-state index is 11.9. The number of aromatic amines is 2. The van der Waals surface area contributed by atoms with E-state index >= 15 is 0 Å². The average molecular weight is 331 g/mol. The molecular formula is C16H21N5OS. The molecule has 0 aliphatic rings. The van der Waals surface area contributed by atoms with Crippen LogP contribution in [0.2, 0.25) is 0 Å². The van der Waals surface area contributed by atoms with Gasteiger partial charge in [0.1, 0.15) is 0 Å². The lowest BCUT2D eigenvalue weighted by molar-refractivity contribution is 0.656. The molecule has 7 heteroatoms. The van der Waals surface area contributed by atoms with Crippen molar-refractivity contribution in [1.82, 2.24) is 15.3 Å². The van der Waals surface area contributed by atoms with Gasteiger partial charge in [0.05, 0.1) is 11.4 Å². The summed E-state index contributed by atoms with van der Waals surface area (Å²) >= 11 is 4.89. The van der Waals surface area contributed by atoms with E-state index in [1.54, 1.807) is 13.1 Å². The van der Waals surface area contributed by atoms with Crippen LogP contribution in [0.15, 0.2) is 40.2 Å². The lowest BCUT2D eigenvalue weighted by atomic mass is 10.1. The number of benzene rings is 1. The fourth-order valence-electron chi connectivity index (χ4n) is 2.12. The number of hydrogen-bond donors (Lipinski definition) is 4. The van der Waals surface area contributed by atoms with Crippen LogP contribution in [0.1, 0.15) is 18.9 Å². The number of rotatable bonds is 7. The molecule has 1 heterocycles. The third kappa shape index (κ3) is 5.46. The highest BCUT2D eigenvalue weighted by Gasteiger charge is 2.03. The van der Waals surface area contributed by atoms with Gasteiger partial charge in [-0.15, -0.1) is 0 Å². The van der Waals surface area contributed by atoms with Crippen molar-refractivity contribution in [2.24, 2.45) is 10.7 Å². The maximum Gasteiger partial charge on any atom is 0.259 e. The Bertz CT molecular complexity index is 772. The Hall–Kier alpha value is -2.25. The predicted octanol–water partition coefficient (Wildman–Crippen LogP) is 1.96. The first-order chi connectivity index (χ1) is 11.1. The topological polar surface area (TPSA) is 99.1 Å². The molecule has 0 unspecified atom stereocenters. The number of nitrogens with two attached hydrogens (primary N) is 1. The summed E-state index contributed by atoms with van der Waals surface area (Å²) in [7, 11) is 0. The van der Waals surface area contributed by atoms with Crippen molar-refractivity contribution in [1.29, 1.82) is 0 Å². The van der Waals surface area contributed by atoms with Crippen molar-refractivity contribution >= 4 is 18.1 Å². The fraction of sp³-hybridized carbons (Fsp3) is 0.312. The minimum atomic E-state index is -0.185. The van der Waals surface area contributed by atoms with E-state index in [1.165, 1.54) is 0 Å². The predicted molar refractivity (Wildman–Crippen MR) is 96.2 cm³/mol. The molecule has 2 aromatic rings. The van der Waals surface area contributed by atoms with Crippen molar-refractivity contribution in [2.45, 2.75) is 19.9 Å². The molecular weight excluding hydrogens is 310 g/mol. The molecule has 122 valence electrons. The van der Waals surface area contributed by atoms with Gasteiger partial charge in [0.25, 0.3) is 5.56 Å². The van der Waals surface area contributed by atoms with Gasteiger partial charge in [-0.1, -0.05) is 24.3 Å². The van der Waals surface area contributed by atoms with Crippen LogP contribution < -0.4 is 16.6 Å². The third-order valence-electron chi connectivity index (χ3n) is 3.29. The fourth-order valence-corrected chi connectivity index (χ4v) is 2.27. The molecule has 23 heavy (non-hydrogen) atoms. The van der Waals surface area contributed by atoms with Crippen LogP contribution in [0.4, 0.5) is 0 Å². The molecule has 5 N–H and O–H groups in total. The van der Waals surface area contributed by atoms with Crippen LogP contribution in [0.3, 0.4) is 0 Å². The van der Waals surface area contributed by atoms with E-state index in [0.717, 1.165) is 37.2 Å². The van der Waals surface area contributed by atoms with E-state index in [2.05, 4.69) is 20.3 Å². The van der Waals surface area contributed by atoms with Crippen LogP contribution in [-0.2, 0) is 6.54 Å². The van der Waals surface area contributed by atoms with Gasteiger partial charge < -0.3 is 16.0 Å². The second-order valence-corrected chi connectivity index (χ2v) is 5.64. The summed E-state index contributed by atoms with van der Waals surface area (Å²) in [5.74, 6) is 0.622. The first-order valence-electron chi connectivity index (χ1n) is 7.45. The van der Waals surface area contributed by atoms with Gasteiger partial charge in [-0.25, -0.2) is 0 Å². The number of nitrogens with one attached hydrogen (secondary N) is 3. The van der Waals surface area contributed by atoms with Crippen LogP contribution >= 0.6 is 12.2 Å². The Morgan fingerprint density at radius 2 is 2.09 bits per heavy atom. The molecule has 6 nitrogen and oxygen atoms in total. The molecule has 0 saturated carbocycles. The molecule has 0 bridgehead atoms. The number of nitrogens with zero attached hydrogens (tertiary/aromatic N) is 1. The van der Waals surface area contributed by atoms with Crippen LogP contribution in [0.5, 0.6) is 0 Å². The molecule has 0 amide bonds. The van der Waals surface area contributed by atoms with Crippen molar-refractivity contribution in [3.63, 3.8) is 0 Å². The summed E-state index contributed by atoms with van der Waals surface area (Å²) in [6, 6.07) is 7.87. The molecule has 0 radical (unpaired) electrons. The summed E-state index contributed by atoms with van der Waals surface area (Å²) < 4.78 is 0.328. The minimum absolute atomic E-state index is 0.185. The van der Waals surface area contributed by atoms with Gasteiger partial charge in [-0.3, -0.25) is 14.8 Å². The van der Waals surface area contributed by atoms with Gasteiger partial charge in [0, 0.05) is 19.3 Å². The smallest absolute Gasteiger partial charge is 0.259 e. The average Bonchev–Trinajstić information content (AvgIpc) is 2.51. The zero-order valence-corrected chi connectivity index (χ0v) is 13.9. The maximum atomic E-state index is 11.9. The lowest BCUT2D eigenvalue weighted by Crippen LogP contribution is -2.16. The summed E-state index contributed by atoms with van der Waals surface area (Å²) in [5.41, 5.74) is 7.88. The third-order valence-corrected chi connectivity index (χ3v) is 3.51. The summed E-state index contributed by atoms with van der Waals surface area (Å²) in [6.45, 7) is 4.19. The second kappa shape index (κ2) is 8.40. The Morgan fingerprint density at radius 3 is 2.74 bits per heavy atom. The van der Waals surface area contributed by atoms with Crippen molar-refractivity contribution in [3.8, 4) is 11.1 Å². The van der Waals surface area contributed by atoms with E-state index in [9.17, 15) is 4.79 Å². The molecule has 0 aliphatic heterocycles. The summed E-state index contributed by atoms with van der Waals surface area (Å²) in [5, 5.41) is 3.36. The van der Waals surface area contributed by atoms with Crippen molar-refractivity contribution in [2.75, 3.05) is 13.1 Å². The number of aliphatic imine (C=N–C) groups is 1. The molecule has 0 aliphatic carbocycles. The standard InChI is InChI=1S/C16H21N5OS/c1-11(17)19-8-2-7-18-9-12-3-5-13(6-4-12)14-10-20-16(23)21-15(14)22/h3-6,10,18H,2,7-9H2,1H3,(H2,17,19)(H2,20,21,22,23). The molecule has 1 aromatic heterocycles. The van der Waals surface area contributed by atoms with E-state index < -0.39 is 0 Å². The van der Waals surface area contributed by atoms with Gasteiger partial charge in [0.15, 0.2) is 4.77 Å². The highest BCUT2D eigenvalue weighted by atomic mass is 32.1. The van der Waals surface area contributed by atoms with Crippen LogP contribution in [0, 0.1) is 4.77 Å². The molecule has 0 spiro atoms. The number of amidine groups is 1. The zero-order chi connectivity index (χ0) is 16.7. The number of H-pyrrole nitrogens is 2. The number of hydrogen-bond acceptors (Lipinski definition) is 4. The Labute approximate surface area is 139 Å². The zero-order valence-electron chi connectivity index (χ0n) is 13.1. The molecule has 1 aromatic carbocycles. The summed E-state index contributed by atoms with van der Waals surface area (Å²) in [6.07, 6.45) is 2.58. The highest BCUT2D eigenvalue weighted by Crippen LogP contribution is 2.14. The Balaban J connectivity index is 1.88. The molecule has 0 fully saturated rings. The van der Waals surface area contributed by atoms with Crippen molar-refractivity contribution in [3.05, 3.63) is 51.2 Å². The quantitative estimate of drug-likeness (QED) is 0.270. The number of aromatic nitrogens is 2. The van der Waals surface area contributed by atoms with E-state index in [1.807, 2.05) is 24.3 Å². The van der Waals surface area contributed by atoms with Gasteiger partial charge in [-0.2, -0.15) is 0 Å². The van der Waals surface area contributed by atoms with Crippen molar-refractivity contribution < 1.29 is 0 Å². The van der Waals surface area contributed by atoms with Gasteiger partial charge >= 0.3 is 0 Å². The first kappa shape index (κ1) is 17.1. The highest BCUT2D eigenvalue weighted by molar-refractivity contribution is 7.71. The normalized spacial score (nSPS) is 11.6. The van der Waals surface area contributed by atoms with E-state index in [-0.39, 0.29) is 5.56 Å².